The van der Waals surface area contributed by atoms with Gasteiger partial charge in [0, 0.05) is 44.8 Å². The molecule has 0 aromatic heterocycles. The minimum atomic E-state index is -4.23. The van der Waals surface area contributed by atoms with Gasteiger partial charge in [-0.05, 0) is 30.5 Å². The molecule has 0 N–H and O–H groups in total. The van der Waals surface area contributed by atoms with Crippen LogP contribution in [-0.4, -0.2) is 67.1 Å². The Balaban J connectivity index is 1.59. The lowest BCUT2D eigenvalue weighted by Gasteiger charge is -2.25. The van der Waals surface area contributed by atoms with Crippen molar-refractivity contribution in [2.45, 2.75) is 32.4 Å². The van der Waals surface area contributed by atoms with E-state index in [9.17, 15) is 22.8 Å². The third-order valence-electron chi connectivity index (χ3n) is 5.43. The Bertz CT molecular complexity index is 706. The van der Waals surface area contributed by atoms with Crippen LogP contribution >= 0.6 is 0 Å². The second-order valence-corrected chi connectivity index (χ2v) is 7.50. The molecule has 2 heterocycles. The summed E-state index contributed by atoms with van der Waals surface area (Å²) in [4.78, 5) is 29.9. The van der Waals surface area contributed by atoms with Crippen LogP contribution < -0.4 is 4.90 Å². The van der Waals surface area contributed by atoms with E-state index in [0.29, 0.717) is 26.1 Å². The van der Waals surface area contributed by atoms with Crippen molar-refractivity contribution in [2.24, 2.45) is 5.92 Å². The van der Waals surface area contributed by atoms with Crippen LogP contribution in [-0.2, 0) is 16.0 Å². The van der Waals surface area contributed by atoms with Gasteiger partial charge in [0.25, 0.3) is 0 Å². The van der Waals surface area contributed by atoms with Crippen LogP contribution in [0.4, 0.5) is 18.9 Å². The molecule has 1 aromatic carbocycles. The molecule has 28 heavy (non-hydrogen) atoms. The quantitative estimate of drug-likeness (QED) is 0.785. The maximum Gasteiger partial charge on any atom is 0.401 e. The smallest absolute Gasteiger partial charge is 0.341 e. The van der Waals surface area contributed by atoms with Crippen molar-refractivity contribution in [3.8, 4) is 0 Å². The summed E-state index contributed by atoms with van der Waals surface area (Å²) in [7, 11) is 0. The van der Waals surface area contributed by atoms with Crippen molar-refractivity contribution >= 4 is 17.5 Å². The summed E-state index contributed by atoms with van der Waals surface area (Å²) >= 11 is 0. The second-order valence-electron chi connectivity index (χ2n) is 7.50. The van der Waals surface area contributed by atoms with Gasteiger partial charge >= 0.3 is 6.18 Å². The fourth-order valence-electron chi connectivity index (χ4n) is 3.90. The lowest BCUT2D eigenvalue weighted by Crippen LogP contribution is -2.41. The van der Waals surface area contributed by atoms with Gasteiger partial charge in [0.1, 0.15) is 0 Å². The van der Waals surface area contributed by atoms with E-state index in [1.54, 1.807) is 9.80 Å². The number of carbonyl (C=O) groups is 2. The van der Waals surface area contributed by atoms with Crippen molar-refractivity contribution in [1.82, 2.24) is 9.80 Å². The van der Waals surface area contributed by atoms with Crippen LogP contribution in [0.5, 0.6) is 0 Å². The second kappa shape index (κ2) is 8.51. The molecule has 0 spiro atoms. The fourth-order valence-corrected chi connectivity index (χ4v) is 3.90. The molecular weight excluding hydrogens is 371 g/mol. The molecule has 5 nitrogen and oxygen atoms in total. The number of hydrogen-bond donors (Lipinski definition) is 0. The highest BCUT2D eigenvalue weighted by atomic mass is 19.4. The Hall–Kier alpha value is -2.09. The fraction of sp³-hybridized carbons (Fsp3) is 0.600. The summed E-state index contributed by atoms with van der Waals surface area (Å²) in [5.74, 6) is -0.654. The van der Waals surface area contributed by atoms with Crippen molar-refractivity contribution in [1.29, 1.82) is 0 Å². The number of halogens is 3. The van der Waals surface area contributed by atoms with E-state index >= 15 is 0 Å². The van der Waals surface area contributed by atoms with Gasteiger partial charge in [0.05, 0.1) is 12.5 Å². The zero-order chi connectivity index (χ0) is 20.3. The Morgan fingerprint density at radius 1 is 1.11 bits per heavy atom. The van der Waals surface area contributed by atoms with Crippen LogP contribution in [0, 0.1) is 5.92 Å². The summed E-state index contributed by atoms with van der Waals surface area (Å²) in [5, 5.41) is 0. The highest BCUT2D eigenvalue weighted by molar-refractivity contribution is 6.00. The predicted molar refractivity (Wildman–Crippen MR) is 100.0 cm³/mol. The molecule has 0 bridgehead atoms. The van der Waals surface area contributed by atoms with Gasteiger partial charge in [-0.3, -0.25) is 14.5 Å². The molecule has 0 radical (unpaired) electrons. The zero-order valence-corrected chi connectivity index (χ0v) is 16.0. The first kappa shape index (κ1) is 20.6. The molecule has 2 amide bonds. The van der Waals surface area contributed by atoms with Gasteiger partial charge in [-0.2, -0.15) is 13.2 Å². The van der Waals surface area contributed by atoms with Gasteiger partial charge in [-0.1, -0.05) is 19.1 Å². The average Bonchev–Trinajstić information content (AvgIpc) is 2.89. The lowest BCUT2D eigenvalue weighted by atomic mass is 10.1. The SMILES string of the molecule is CCc1ccc(N2CC(C(=O)N3CCCN(CC(F)(F)F)CC3)CC2=O)cc1. The highest BCUT2D eigenvalue weighted by Crippen LogP contribution is 2.27. The monoisotopic (exact) mass is 397 g/mol. The highest BCUT2D eigenvalue weighted by Gasteiger charge is 2.38. The van der Waals surface area contributed by atoms with Crippen LogP contribution in [0.25, 0.3) is 0 Å². The van der Waals surface area contributed by atoms with E-state index in [1.165, 1.54) is 10.5 Å². The third kappa shape index (κ3) is 5.04. The molecule has 1 atom stereocenters. The van der Waals surface area contributed by atoms with E-state index < -0.39 is 18.6 Å². The molecule has 1 aromatic rings. The Kier molecular flexibility index (Phi) is 6.27. The van der Waals surface area contributed by atoms with Gasteiger partial charge in [-0.25, -0.2) is 0 Å². The van der Waals surface area contributed by atoms with Crippen LogP contribution in [0.15, 0.2) is 24.3 Å². The summed E-state index contributed by atoms with van der Waals surface area (Å²) < 4.78 is 37.8. The maximum atomic E-state index is 12.9. The number of alkyl halides is 3. The molecule has 0 aliphatic carbocycles. The first-order chi connectivity index (χ1) is 13.3. The van der Waals surface area contributed by atoms with Crippen molar-refractivity contribution in [3.05, 3.63) is 29.8 Å². The topological polar surface area (TPSA) is 43.9 Å². The van der Waals surface area contributed by atoms with Crippen molar-refractivity contribution in [3.63, 3.8) is 0 Å². The van der Waals surface area contributed by atoms with Gasteiger partial charge < -0.3 is 9.80 Å². The van der Waals surface area contributed by atoms with E-state index in [2.05, 4.69) is 6.92 Å². The molecular formula is C20H26F3N3O2. The molecule has 2 aliphatic rings. The third-order valence-corrected chi connectivity index (χ3v) is 5.43. The van der Waals surface area contributed by atoms with Gasteiger partial charge in [-0.15, -0.1) is 0 Å². The molecule has 3 rings (SSSR count). The first-order valence-corrected chi connectivity index (χ1v) is 9.74. The molecule has 2 saturated heterocycles. The number of amides is 2. The molecule has 0 saturated carbocycles. The summed E-state index contributed by atoms with van der Waals surface area (Å²) in [6.07, 6.45) is -2.66. The molecule has 2 fully saturated rings. The predicted octanol–water partition coefficient (Wildman–Crippen LogP) is 2.70. The van der Waals surface area contributed by atoms with Gasteiger partial charge in [0.2, 0.25) is 11.8 Å². The molecule has 154 valence electrons. The molecule has 2 aliphatic heterocycles. The van der Waals surface area contributed by atoms with E-state index in [0.717, 1.165) is 12.1 Å². The Morgan fingerprint density at radius 3 is 2.46 bits per heavy atom. The summed E-state index contributed by atoms with van der Waals surface area (Å²) in [5.41, 5.74) is 1.96. The largest absolute Gasteiger partial charge is 0.401 e. The maximum absolute atomic E-state index is 12.9. The first-order valence-electron chi connectivity index (χ1n) is 9.74. The number of hydrogen-bond acceptors (Lipinski definition) is 3. The molecule has 1 unspecified atom stereocenters. The lowest BCUT2D eigenvalue weighted by molar-refractivity contribution is -0.145. The number of aryl methyl sites for hydroxylation is 1. The Labute approximate surface area is 163 Å². The van der Waals surface area contributed by atoms with Crippen LogP contribution in [0.2, 0.25) is 0 Å². The number of anilines is 1. The number of benzene rings is 1. The number of nitrogens with zero attached hydrogens (tertiary/aromatic N) is 3. The molecule has 8 heteroatoms. The average molecular weight is 397 g/mol. The van der Waals surface area contributed by atoms with E-state index in [-0.39, 0.29) is 31.3 Å². The van der Waals surface area contributed by atoms with E-state index in [4.69, 9.17) is 0 Å². The minimum Gasteiger partial charge on any atom is -0.341 e. The van der Waals surface area contributed by atoms with Gasteiger partial charge in [0.15, 0.2) is 0 Å². The van der Waals surface area contributed by atoms with Crippen LogP contribution in [0.1, 0.15) is 25.3 Å². The standard InChI is InChI=1S/C20H26F3N3O2/c1-2-15-4-6-17(7-5-15)26-13-16(12-18(26)27)19(28)25-9-3-8-24(10-11-25)14-20(21,22)23/h4-7,16H,2-3,8-14H2,1H3. The Morgan fingerprint density at radius 2 is 1.82 bits per heavy atom. The normalized spacial score (nSPS) is 21.9. The zero-order valence-electron chi connectivity index (χ0n) is 16.0. The van der Waals surface area contributed by atoms with Crippen molar-refractivity contribution < 1.29 is 22.8 Å². The van der Waals surface area contributed by atoms with Crippen molar-refractivity contribution in [2.75, 3.05) is 44.2 Å². The summed E-state index contributed by atoms with van der Waals surface area (Å²) in [6.45, 7) is 2.66. The van der Waals surface area contributed by atoms with E-state index in [1.807, 2.05) is 24.3 Å². The van der Waals surface area contributed by atoms with Crippen LogP contribution in [0.3, 0.4) is 0 Å². The number of carbonyl (C=O) groups excluding carboxylic acids is 2. The number of rotatable bonds is 4. The minimum absolute atomic E-state index is 0.0869. The summed E-state index contributed by atoms with van der Waals surface area (Å²) in [6, 6.07) is 7.73.